The molecule has 0 aliphatic carbocycles. The van der Waals surface area contributed by atoms with Crippen molar-refractivity contribution < 1.29 is 23.8 Å². The van der Waals surface area contributed by atoms with E-state index in [0.717, 1.165) is 0 Å². The van der Waals surface area contributed by atoms with Crippen LogP contribution in [0.2, 0.25) is 0 Å². The first-order valence-corrected chi connectivity index (χ1v) is 12.4. The number of nitrogens with zero attached hydrogens (tertiary/aromatic N) is 4. The monoisotopic (exact) mass is 531 g/mol. The molecule has 1 aromatic heterocycles. The second kappa shape index (κ2) is 11.4. The molecule has 1 unspecified atom stereocenters. The van der Waals surface area contributed by atoms with Crippen molar-refractivity contribution in [1.82, 2.24) is 20.3 Å². The van der Waals surface area contributed by atoms with E-state index in [2.05, 4.69) is 15.6 Å². The number of rotatable bonds is 9. The van der Waals surface area contributed by atoms with Crippen LogP contribution in [0.5, 0.6) is 17.2 Å². The number of nitrogens with one attached hydrogen (secondary N) is 1. The predicted molar refractivity (Wildman–Crippen MR) is 148 cm³/mol. The van der Waals surface area contributed by atoms with Gasteiger partial charge in [-0.1, -0.05) is 29.5 Å². The minimum atomic E-state index is -1.06. The third kappa shape index (κ3) is 6.28. The minimum Gasteiger partial charge on any atom is -0.497 e. The van der Waals surface area contributed by atoms with Crippen molar-refractivity contribution in [3.8, 4) is 17.2 Å². The number of carbonyl (C=O) groups excluding carboxylic acids is 2. The van der Waals surface area contributed by atoms with Crippen molar-refractivity contribution in [2.75, 3.05) is 26.2 Å². The molecule has 10 heteroatoms. The molecule has 10 nitrogen and oxygen atoms in total. The Morgan fingerprint density at radius 3 is 2.21 bits per heavy atom. The Kier molecular flexibility index (Phi) is 8.04. The van der Waals surface area contributed by atoms with Gasteiger partial charge in [-0.15, -0.1) is 5.10 Å². The molecule has 0 aliphatic heterocycles. The van der Waals surface area contributed by atoms with E-state index in [9.17, 15) is 9.59 Å². The summed E-state index contributed by atoms with van der Waals surface area (Å²) in [6, 6.07) is 18.5. The Balaban J connectivity index is 1.90. The number of methoxy groups -OCH3 is 3. The standard InChI is InChI=1S/C29H33N5O5/c1-29(2,3)30-28(36)27(19-10-9-11-21(14-19)37-4)34(20-15-22(38-5)17-23(16-20)39-6)26(35)18-33-25-13-8-7-12-24(25)31-32-33/h7-17,27H,18H2,1-6H3,(H,30,36). The summed E-state index contributed by atoms with van der Waals surface area (Å²) in [7, 11) is 4.60. The van der Waals surface area contributed by atoms with Gasteiger partial charge in [0, 0.05) is 23.7 Å². The molecule has 4 aromatic rings. The summed E-state index contributed by atoms with van der Waals surface area (Å²) in [4.78, 5) is 29.6. The number of carbonyl (C=O) groups is 2. The largest absolute Gasteiger partial charge is 0.497 e. The van der Waals surface area contributed by atoms with Gasteiger partial charge in [0.05, 0.1) is 32.5 Å². The number of hydrogen-bond acceptors (Lipinski definition) is 7. The summed E-state index contributed by atoms with van der Waals surface area (Å²) in [5.41, 5.74) is 1.78. The maximum atomic E-state index is 14.2. The van der Waals surface area contributed by atoms with E-state index in [1.54, 1.807) is 49.6 Å². The lowest BCUT2D eigenvalue weighted by Gasteiger charge is -2.34. The summed E-state index contributed by atoms with van der Waals surface area (Å²) >= 11 is 0. The lowest BCUT2D eigenvalue weighted by Crippen LogP contribution is -2.50. The summed E-state index contributed by atoms with van der Waals surface area (Å²) in [6.45, 7) is 5.49. The molecule has 0 fully saturated rings. The highest BCUT2D eigenvalue weighted by molar-refractivity contribution is 6.02. The lowest BCUT2D eigenvalue weighted by molar-refractivity contribution is -0.128. The highest BCUT2D eigenvalue weighted by Crippen LogP contribution is 2.35. The molecule has 0 saturated heterocycles. The maximum absolute atomic E-state index is 14.2. The van der Waals surface area contributed by atoms with E-state index >= 15 is 0 Å². The molecule has 39 heavy (non-hydrogen) atoms. The third-order valence-corrected chi connectivity index (χ3v) is 6.00. The van der Waals surface area contributed by atoms with Crippen molar-refractivity contribution in [2.45, 2.75) is 38.9 Å². The van der Waals surface area contributed by atoms with Crippen LogP contribution in [0.1, 0.15) is 32.4 Å². The van der Waals surface area contributed by atoms with Gasteiger partial charge in [0.2, 0.25) is 11.8 Å². The number of hydrogen-bond donors (Lipinski definition) is 1. The van der Waals surface area contributed by atoms with Gasteiger partial charge >= 0.3 is 0 Å². The van der Waals surface area contributed by atoms with E-state index in [0.29, 0.717) is 39.5 Å². The van der Waals surface area contributed by atoms with Crippen LogP contribution in [-0.4, -0.2) is 53.7 Å². The molecule has 204 valence electrons. The predicted octanol–water partition coefficient (Wildman–Crippen LogP) is 4.15. The van der Waals surface area contributed by atoms with Crippen LogP contribution < -0.4 is 24.4 Å². The number of para-hydroxylation sites is 1. The first-order chi connectivity index (χ1) is 18.6. The molecule has 0 aliphatic rings. The van der Waals surface area contributed by atoms with Crippen LogP contribution in [-0.2, 0) is 16.1 Å². The van der Waals surface area contributed by atoms with Crippen molar-refractivity contribution in [3.63, 3.8) is 0 Å². The van der Waals surface area contributed by atoms with Gasteiger partial charge in [0.1, 0.15) is 35.4 Å². The van der Waals surface area contributed by atoms with Gasteiger partial charge in [-0.25, -0.2) is 4.68 Å². The van der Waals surface area contributed by atoms with Crippen LogP contribution in [0.3, 0.4) is 0 Å². The van der Waals surface area contributed by atoms with Gasteiger partial charge < -0.3 is 19.5 Å². The van der Waals surface area contributed by atoms with Gasteiger partial charge in [0.15, 0.2) is 0 Å². The van der Waals surface area contributed by atoms with Gasteiger partial charge in [-0.3, -0.25) is 14.5 Å². The molecule has 1 heterocycles. The molecular formula is C29H33N5O5. The SMILES string of the molecule is COc1cccc(C(C(=O)NC(C)(C)C)N(C(=O)Cn2nnc3ccccc32)c2cc(OC)cc(OC)c2)c1. The zero-order chi connectivity index (χ0) is 28.2. The average molecular weight is 532 g/mol. The van der Waals surface area contributed by atoms with Crippen LogP contribution in [0, 0.1) is 0 Å². The summed E-state index contributed by atoms with van der Waals surface area (Å²) in [6.07, 6.45) is 0. The molecule has 3 aromatic carbocycles. The third-order valence-electron chi connectivity index (χ3n) is 6.00. The van der Waals surface area contributed by atoms with E-state index < -0.39 is 17.5 Å². The van der Waals surface area contributed by atoms with Crippen LogP contribution >= 0.6 is 0 Å². The first kappa shape index (κ1) is 27.4. The van der Waals surface area contributed by atoms with Crippen molar-refractivity contribution in [1.29, 1.82) is 0 Å². The molecule has 0 spiro atoms. The summed E-state index contributed by atoms with van der Waals surface area (Å²) < 4.78 is 17.9. The number of aromatic nitrogens is 3. The maximum Gasteiger partial charge on any atom is 0.249 e. The topological polar surface area (TPSA) is 108 Å². The molecule has 0 radical (unpaired) electrons. The van der Waals surface area contributed by atoms with Crippen LogP contribution in [0.25, 0.3) is 11.0 Å². The molecule has 4 rings (SSSR count). The molecule has 1 atom stereocenters. The zero-order valence-corrected chi connectivity index (χ0v) is 23.0. The number of ether oxygens (including phenoxy) is 3. The fourth-order valence-corrected chi connectivity index (χ4v) is 4.27. The molecule has 0 saturated carbocycles. The minimum absolute atomic E-state index is 0.163. The van der Waals surface area contributed by atoms with Crippen molar-refractivity contribution in [2.24, 2.45) is 0 Å². The zero-order valence-electron chi connectivity index (χ0n) is 23.0. The Labute approximate surface area is 227 Å². The Bertz CT molecular complexity index is 1450. The van der Waals surface area contributed by atoms with E-state index in [4.69, 9.17) is 14.2 Å². The highest BCUT2D eigenvalue weighted by Gasteiger charge is 2.35. The Morgan fingerprint density at radius 2 is 1.56 bits per heavy atom. The fraction of sp³-hybridized carbons (Fsp3) is 0.310. The smallest absolute Gasteiger partial charge is 0.249 e. The number of fused-ring (bicyclic) bond motifs is 1. The normalized spacial score (nSPS) is 12.1. The second-order valence-electron chi connectivity index (χ2n) is 9.99. The quantitative estimate of drug-likeness (QED) is 0.346. The Morgan fingerprint density at radius 1 is 0.897 bits per heavy atom. The second-order valence-corrected chi connectivity index (χ2v) is 9.99. The molecule has 1 N–H and O–H groups in total. The van der Waals surface area contributed by atoms with Crippen molar-refractivity contribution >= 4 is 28.5 Å². The number of anilines is 1. The summed E-state index contributed by atoms with van der Waals surface area (Å²) in [5, 5.41) is 11.4. The molecule has 2 amide bonds. The lowest BCUT2D eigenvalue weighted by atomic mass is 10.00. The van der Waals surface area contributed by atoms with E-state index in [1.165, 1.54) is 23.8 Å². The van der Waals surface area contributed by atoms with Gasteiger partial charge in [-0.05, 0) is 50.6 Å². The van der Waals surface area contributed by atoms with Crippen LogP contribution in [0.15, 0.2) is 66.7 Å². The fourth-order valence-electron chi connectivity index (χ4n) is 4.27. The van der Waals surface area contributed by atoms with E-state index in [-0.39, 0.29) is 12.5 Å². The first-order valence-electron chi connectivity index (χ1n) is 12.4. The van der Waals surface area contributed by atoms with Crippen molar-refractivity contribution in [3.05, 3.63) is 72.3 Å². The highest BCUT2D eigenvalue weighted by atomic mass is 16.5. The molecular weight excluding hydrogens is 498 g/mol. The van der Waals surface area contributed by atoms with Crippen LogP contribution in [0.4, 0.5) is 5.69 Å². The number of benzene rings is 3. The van der Waals surface area contributed by atoms with Gasteiger partial charge in [-0.2, -0.15) is 0 Å². The van der Waals surface area contributed by atoms with E-state index in [1.807, 2.05) is 45.0 Å². The summed E-state index contributed by atoms with van der Waals surface area (Å²) in [5.74, 6) is 0.731. The van der Waals surface area contributed by atoms with Gasteiger partial charge in [0.25, 0.3) is 0 Å². The Hall–Kier alpha value is -4.60. The number of amides is 2. The average Bonchev–Trinajstić information content (AvgIpc) is 3.32. The molecule has 0 bridgehead atoms.